The number of likely N-dealkylation sites (tertiary alicyclic amines) is 1. The van der Waals surface area contributed by atoms with Gasteiger partial charge in [-0.2, -0.15) is 0 Å². The molecular weight excluding hydrogens is 379 g/mol. The Morgan fingerprint density at radius 1 is 1.04 bits per heavy atom. The van der Waals surface area contributed by atoms with Crippen molar-refractivity contribution >= 4 is 35.6 Å². The zero-order valence-electron chi connectivity index (χ0n) is 15.8. The highest BCUT2D eigenvalue weighted by atomic mass is 35.5. The van der Waals surface area contributed by atoms with E-state index in [2.05, 4.69) is 47.4 Å². The number of aliphatic hydroxyl groups is 1. The summed E-state index contributed by atoms with van der Waals surface area (Å²) in [5.41, 5.74) is 6.86. The van der Waals surface area contributed by atoms with Crippen molar-refractivity contribution in [1.82, 2.24) is 4.90 Å². The molecular formula is C22H32Cl2N2O. The van der Waals surface area contributed by atoms with Crippen molar-refractivity contribution < 1.29 is 5.11 Å². The molecule has 0 radical (unpaired) electrons. The van der Waals surface area contributed by atoms with Crippen molar-refractivity contribution in [3.63, 3.8) is 0 Å². The molecule has 1 aliphatic carbocycles. The van der Waals surface area contributed by atoms with Crippen LogP contribution in [-0.2, 0) is 0 Å². The Labute approximate surface area is 175 Å². The molecule has 1 unspecified atom stereocenters. The van der Waals surface area contributed by atoms with E-state index in [1.165, 1.54) is 22.8 Å². The monoisotopic (exact) mass is 410 g/mol. The van der Waals surface area contributed by atoms with E-state index in [0.29, 0.717) is 0 Å². The first-order chi connectivity index (χ1) is 12.2. The van der Waals surface area contributed by atoms with Crippen LogP contribution >= 0.6 is 24.8 Å². The average Bonchev–Trinajstić information content (AvgIpc) is 3.05. The number of fused-ring (bicyclic) bond motifs is 1. The van der Waals surface area contributed by atoms with Crippen LogP contribution in [-0.4, -0.2) is 41.3 Å². The predicted octanol–water partition coefficient (Wildman–Crippen LogP) is 4.50. The summed E-state index contributed by atoms with van der Waals surface area (Å²) in [6, 6.07) is 15.4. The molecule has 27 heavy (non-hydrogen) atoms. The molecule has 5 heteroatoms. The van der Waals surface area contributed by atoms with E-state index in [0.717, 1.165) is 51.7 Å². The van der Waals surface area contributed by atoms with Gasteiger partial charge in [0.2, 0.25) is 0 Å². The molecule has 2 aromatic rings. The fourth-order valence-corrected chi connectivity index (χ4v) is 4.91. The van der Waals surface area contributed by atoms with E-state index in [4.69, 9.17) is 5.73 Å². The molecule has 0 spiro atoms. The van der Waals surface area contributed by atoms with Crippen LogP contribution in [0.5, 0.6) is 0 Å². The van der Waals surface area contributed by atoms with Gasteiger partial charge in [0.15, 0.2) is 0 Å². The highest BCUT2D eigenvalue weighted by molar-refractivity contribution is 5.86. The number of nitrogens with zero attached hydrogens (tertiary/aromatic N) is 1. The Kier molecular flexibility index (Phi) is 7.96. The van der Waals surface area contributed by atoms with Crippen LogP contribution in [0.4, 0.5) is 0 Å². The summed E-state index contributed by atoms with van der Waals surface area (Å²) in [7, 11) is 0. The summed E-state index contributed by atoms with van der Waals surface area (Å²) < 4.78 is 0. The van der Waals surface area contributed by atoms with Gasteiger partial charge in [0, 0.05) is 25.0 Å². The molecule has 0 aromatic heterocycles. The minimum atomic E-state index is -0.588. The molecule has 2 aromatic carbocycles. The number of hydrogen-bond donors (Lipinski definition) is 2. The normalized spacial score (nSPS) is 23.4. The maximum absolute atomic E-state index is 11.6. The average molecular weight is 411 g/mol. The van der Waals surface area contributed by atoms with Crippen LogP contribution in [0, 0.1) is 0 Å². The lowest BCUT2D eigenvalue weighted by Crippen LogP contribution is -2.44. The molecule has 1 saturated heterocycles. The van der Waals surface area contributed by atoms with E-state index in [-0.39, 0.29) is 36.8 Å². The van der Waals surface area contributed by atoms with E-state index in [9.17, 15) is 5.11 Å². The summed E-state index contributed by atoms with van der Waals surface area (Å²) in [4.78, 5) is 2.46. The van der Waals surface area contributed by atoms with Gasteiger partial charge in [0.25, 0.3) is 0 Å². The Morgan fingerprint density at radius 3 is 2.44 bits per heavy atom. The smallest absolute Gasteiger partial charge is 0.0728 e. The third kappa shape index (κ3) is 4.78. The highest BCUT2D eigenvalue weighted by Gasteiger charge is 2.40. The molecule has 0 amide bonds. The van der Waals surface area contributed by atoms with Crippen LogP contribution in [0.2, 0.25) is 0 Å². The van der Waals surface area contributed by atoms with Crippen molar-refractivity contribution in [2.24, 2.45) is 5.73 Å². The van der Waals surface area contributed by atoms with Crippen molar-refractivity contribution in [2.75, 3.05) is 19.6 Å². The first kappa shape index (κ1) is 22.4. The van der Waals surface area contributed by atoms with Crippen LogP contribution in [0.15, 0.2) is 42.5 Å². The number of halogens is 2. The van der Waals surface area contributed by atoms with Crippen molar-refractivity contribution in [1.29, 1.82) is 0 Å². The van der Waals surface area contributed by atoms with E-state index < -0.39 is 5.60 Å². The Bertz CT molecular complexity index is 728. The van der Waals surface area contributed by atoms with Gasteiger partial charge in [-0.1, -0.05) is 61.7 Å². The lowest BCUT2D eigenvalue weighted by molar-refractivity contribution is -0.0290. The van der Waals surface area contributed by atoms with Crippen LogP contribution in [0.1, 0.15) is 50.0 Å². The summed E-state index contributed by atoms with van der Waals surface area (Å²) >= 11 is 0. The second-order valence-electron chi connectivity index (χ2n) is 8.09. The summed E-state index contributed by atoms with van der Waals surface area (Å²) in [5, 5.41) is 14.2. The van der Waals surface area contributed by atoms with Crippen LogP contribution in [0.3, 0.4) is 0 Å². The third-order valence-corrected chi connectivity index (χ3v) is 6.32. The molecule has 2 aliphatic rings. The van der Waals surface area contributed by atoms with Crippen molar-refractivity contribution in [3.05, 3.63) is 48.0 Å². The topological polar surface area (TPSA) is 49.5 Å². The second-order valence-corrected chi connectivity index (χ2v) is 8.09. The van der Waals surface area contributed by atoms with Gasteiger partial charge in [0.1, 0.15) is 0 Å². The van der Waals surface area contributed by atoms with E-state index >= 15 is 0 Å². The minimum Gasteiger partial charge on any atom is -0.389 e. The molecule has 1 aliphatic heterocycles. The number of rotatable bonds is 4. The zero-order valence-corrected chi connectivity index (χ0v) is 17.5. The number of nitrogens with two attached hydrogens (primary N) is 1. The molecule has 2 atom stereocenters. The van der Waals surface area contributed by atoms with Crippen LogP contribution in [0.25, 0.3) is 10.8 Å². The first-order valence-electron chi connectivity index (χ1n) is 9.84. The molecule has 0 bridgehead atoms. The molecule has 4 rings (SSSR count). The van der Waals surface area contributed by atoms with Gasteiger partial charge < -0.3 is 15.7 Å². The highest BCUT2D eigenvalue weighted by Crippen LogP contribution is 2.42. The third-order valence-electron chi connectivity index (χ3n) is 6.32. The lowest BCUT2D eigenvalue weighted by Gasteiger charge is -2.41. The lowest BCUT2D eigenvalue weighted by atomic mass is 9.71. The quantitative estimate of drug-likeness (QED) is 0.779. The maximum atomic E-state index is 11.6. The molecule has 2 fully saturated rings. The predicted molar refractivity (Wildman–Crippen MR) is 118 cm³/mol. The Balaban J connectivity index is 0.00000131. The zero-order chi connectivity index (χ0) is 17.3. The van der Waals surface area contributed by atoms with E-state index in [1.54, 1.807) is 0 Å². The number of benzene rings is 2. The molecule has 1 heterocycles. The molecule has 3 nitrogen and oxygen atoms in total. The van der Waals surface area contributed by atoms with E-state index in [1.807, 2.05) is 0 Å². The number of hydrogen-bond acceptors (Lipinski definition) is 3. The van der Waals surface area contributed by atoms with Gasteiger partial charge in [-0.25, -0.2) is 0 Å². The Hall–Kier alpha value is -0.840. The second kappa shape index (κ2) is 9.58. The molecule has 1 saturated carbocycles. The van der Waals surface area contributed by atoms with Gasteiger partial charge in [-0.3, -0.25) is 0 Å². The summed E-state index contributed by atoms with van der Waals surface area (Å²) in [6.45, 7) is 2.92. The van der Waals surface area contributed by atoms with Gasteiger partial charge in [-0.15, -0.1) is 24.8 Å². The maximum Gasteiger partial charge on any atom is 0.0728 e. The first-order valence-corrected chi connectivity index (χ1v) is 9.84. The molecule has 150 valence electrons. The minimum absolute atomic E-state index is 0. The SMILES string of the molecule is Cl.Cl.N[C@@H]1CCN(CC(c2cccc3ccccc23)C2(O)CCCCC2)C1. The van der Waals surface area contributed by atoms with Gasteiger partial charge in [0.05, 0.1) is 5.60 Å². The standard InChI is InChI=1S/C22H30N2O.2ClH/c23-18-11-14-24(15-18)16-21(22(25)12-4-1-5-13-22)20-10-6-8-17-7-2-3-9-19(17)20;;/h2-3,6-10,18,21,25H,1,4-5,11-16,23H2;2*1H/t18-,21?;;/m1../s1. The largest absolute Gasteiger partial charge is 0.389 e. The fraction of sp³-hybridized carbons (Fsp3) is 0.545. The molecule has 3 N–H and O–H groups in total. The fourth-order valence-electron chi connectivity index (χ4n) is 4.91. The van der Waals surface area contributed by atoms with Crippen LogP contribution < -0.4 is 5.73 Å². The summed E-state index contributed by atoms with van der Waals surface area (Å²) in [5.74, 6) is 0.157. The van der Waals surface area contributed by atoms with Gasteiger partial charge in [-0.05, 0) is 42.1 Å². The van der Waals surface area contributed by atoms with Crippen molar-refractivity contribution in [2.45, 2.75) is 56.1 Å². The summed E-state index contributed by atoms with van der Waals surface area (Å²) in [6.07, 6.45) is 6.43. The van der Waals surface area contributed by atoms with Crippen molar-refractivity contribution in [3.8, 4) is 0 Å². The van der Waals surface area contributed by atoms with Gasteiger partial charge >= 0.3 is 0 Å². The Morgan fingerprint density at radius 2 is 1.74 bits per heavy atom.